The Morgan fingerprint density at radius 3 is 2.63 bits per heavy atom. The Labute approximate surface area is 111 Å². The monoisotopic (exact) mass is 264 g/mol. The second-order valence-electron chi connectivity index (χ2n) is 4.59. The fraction of sp³-hybridized carbons (Fsp3) is 0.286. The van der Waals surface area contributed by atoms with Crippen molar-refractivity contribution in [3.05, 3.63) is 42.7 Å². The highest BCUT2D eigenvalue weighted by Crippen LogP contribution is 2.19. The van der Waals surface area contributed by atoms with E-state index in [0.29, 0.717) is 5.69 Å². The van der Waals surface area contributed by atoms with Gasteiger partial charge in [-0.2, -0.15) is 0 Å². The van der Waals surface area contributed by atoms with Gasteiger partial charge in [0.15, 0.2) is 0 Å². The van der Waals surface area contributed by atoms with Gasteiger partial charge in [-0.1, -0.05) is 12.1 Å². The van der Waals surface area contributed by atoms with Crippen LogP contribution in [0.25, 0.3) is 0 Å². The normalized spacial score (nSPS) is 10.7. The minimum Gasteiger partial charge on any atom is -0.352 e. The topological polar surface area (TPSA) is 58.2 Å². The lowest BCUT2D eigenvalue weighted by Gasteiger charge is -2.22. The summed E-state index contributed by atoms with van der Waals surface area (Å²) in [7, 11) is 0. The van der Waals surface area contributed by atoms with Crippen LogP contribution in [0.4, 0.5) is 10.1 Å². The first-order chi connectivity index (χ1) is 8.87. The highest BCUT2D eigenvalue weighted by molar-refractivity contribution is 6.09. The summed E-state index contributed by atoms with van der Waals surface area (Å²) in [6.45, 7) is 6.77. The molecule has 5 heteroatoms. The molecule has 0 atom stereocenters. The van der Waals surface area contributed by atoms with Crippen LogP contribution in [-0.4, -0.2) is 18.4 Å². The first kappa shape index (κ1) is 14.9. The van der Waals surface area contributed by atoms with Crippen molar-refractivity contribution in [3.63, 3.8) is 0 Å². The van der Waals surface area contributed by atoms with Gasteiger partial charge < -0.3 is 10.6 Å². The zero-order valence-electron chi connectivity index (χ0n) is 11.0. The van der Waals surface area contributed by atoms with Crippen molar-refractivity contribution in [3.8, 4) is 0 Å². The number of carbonyl (C=O) groups is 2. The third kappa shape index (κ3) is 3.91. The smallest absolute Gasteiger partial charge is 0.239 e. The van der Waals surface area contributed by atoms with Crippen molar-refractivity contribution < 1.29 is 14.0 Å². The van der Waals surface area contributed by atoms with Gasteiger partial charge in [-0.3, -0.25) is 9.59 Å². The van der Waals surface area contributed by atoms with E-state index < -0.39 is 23.0 Å². The Morgan fingerprint density at radius 2 is 2.05 bits per heavy atom. The lowest BCUT2D eigenvalue weighted by molar-refractivity contribution is -0.138. The molecule has 0 aliphatic carbocycles. The molecule has 1 aromatic rings. The molecule has 1 aromatic carbocycles. The standard InChI is InChI=1S/C14H17FN2O2/c1-4-8-16-12(18)14(2,3)13(19)17-11-7-5-6-10(15)9-11/h4-7,9H,1,8H2,2-3H3,(H,16,18)(H,17,19). The van der Waals surface area contributed by atoms with E-state index in [0.717, 1.165) is 0 Å². The highest BCUT2D eigenvalue weighted by atomic mass is 19.1. The van der Waals surface area contributed by atoms with Gasteiger partial charge in [0.05, 0.1) is 0 Å². The Kier molecular flexibility index (Phi) is 4.80. The molecular formula is C14H17FN2O2. The summed E-state index contributed by atoms with van der Waals surface area (Å²) in [5.74, 6) is -1.37. The van der Waals surface area contributed by atoms with Gasteiger partial charge in [-0.25, -0.2) is 4.39 Å². The van der Waals surface area contributed by atoms with E-state index >= 15 is 0 Å². The molecule has 0 heterocycles. The quantitative estimate of drug-likeness (QED) is 0.632. The molecule has 2 N–H and O–H groups in total. The third-order valence-electron chi connectivity index (χ3n) is 2.62. The van der Waals surface area contributed by atoms with E-state index in [2.05, 4.69) is 17.2 Å². The molecule has 2 amide bonds. The fourth-order valence-electron chi connectivity index (χ4n) is 1.34. The van der Waals surface area contributed by atoms with Crippen molar-refractivity contribution in [2.75, 3.05) is 11.9 Å². The molecular weight excluding hydrogens is 247 g/mol. The number of anilines is 1. The molecule has 1 rings (SSSR count). The Morgan fingerprint density at radius 1 is 1.37 bits per heavy atom. The van der Waals surface area contributed by atoms with Crippen LogP contribution in [0, 0.1) is 11.2 Å². The molecule has 4 nitrogen and oxygen atoms in total. The molecule has 0 saturated heterocycles. The molecule has 0 saturated carbocycles. The maximum absolute atomic E-state index is 13.0. The van der Waals surface area contributed by atoms with Gasteiger partial charge in [0, 0.05) is 12.2 Å². The molecule has 19 heavy (non-hydrogen) atoms. The summed E-state index contributed by atoms with van der Waals surface area (Å²) in [6.07, 6.45) is 1.53. The Bertz CT molecular complexity index is 498. The number of amides is 2. The molecule has 0 bridgehead atoms. The minimum absolute atomic E-state index is 0.287. The lowest BCUT2D eigenvalue weighted by atomic mass is 9.91. The maximum Gasteiger partial charge on any atom is 0.239 e. The predicted molar refractivity (Wildman–Crippen MR) is 72.0 cm³/mol. The average Bonchev–Trinajstić information content (AvgIpc) is 2.35. The van der Waals surface area contributed by atoms with Crippen LogP contribution >= 0.6 is 0 Å². The third-order valence-corrected chi connectivity index (χ3v) is 2.62. The number of nitrogens with one attached hydrogen (secondary N) is 2. The molecule has 102 valence electrons. The van der Waals surface area contributed by atoms with Crippen LogP contribution in [0.15, 0.2) is 36.9 Å². The van der Waals surface area contributed by atoms with Crippen molar-refractivity contribution in [1.29, 1.82) is 0 Å². The molecule has 0 aromatic heterocycles. The summed E-state index contributed by atoms with van der Waals surface area (Å²) in [5, 5.41) is 5.07. The Hall–Kier alpha value is -2.17. The van der Waals surface area contributed by atoms with Crippen molar-refractivity contribution in [2.45, 2.75) is 13.8 Å². The SMILES string of the molecule is C=CCNC(=O)C(C)(C)C(=O)Nc1cccc(F)c1. The summed E-state index contributed by atoms with van der Waals surface area (Å²) in [6, 6.07) is 5.50. The van der Waals surface area contributed by atoms with Crippen LogP contribution in [0.2, 0.25) is 0 Å². The number of hydrogen-bond acceptors (Lipinski definition) is 2. The maximum atomic E-state index is 13.0. The number of rotatable bonds is 5. The number of halogens is 1. The highest BCUT2D eigenvalue weighted by Gasteiger charge is 2.35. The Balaban J connectivity index is 2.75. The van der Waals surface area contributed by atoms with Gasteiger partial charge in [-0.05, 0) is 32.0 Å². The van der Waals surface area contributed by atoms with Crippen LogP contribution in [0.1, 0.15) is 13.8 Å². The van der Waals surface area contributed by atoms with Crippen molar-refractivity contribution in [1.82, 2.24) is 5.32 Å². The first-order valence-electron chi connectivity index (χ1n) is 5.84. The van der Waals surface area contributed by atoms with Gasteiger partial charge in [-0.15, -0.1) is 6.58 Å². The summed E-state index contributed by atoms with van der Waals surface area (Å²) in [4.78, 5) is 23.9. The van der Waals surface area contributed by atoms with E-state index in [1.165, 1.54) is 38.1 Å². The van der Waals surface area contributed by atoms with Gasteiger partial charge in [0.2, 0.25) is 11.8 Å². The molecule has 0 fully saturated rings. The van der Waals surface area contributed by atoms with E-state index in [9.17, 15) is 14.0 Å². The van der Waals surface area contributed by atoms with Crippen LogP contribution in [-0.2, 0) is 9.59 Å². The molecule has 0 unspecified atom stereocenters. The predicted octanol–water partition coefficient (Wildman–Crippen LogP) is 2.09. The number of hydrogen-bond donors (Lipinski definition) is 2. The summed E-state index contributed by atoms with van der Waals surface area (Å²) < 4.78 is 13.0. The second kappa shape index (κ2) is 6.13. The number of benzene rings is 1. The van der Waals surface area contributed by atoms with Gasteiger partial charge in [0.25, 0.3) is 0 Å². The first-order valence-corrected chi connectivity index (χ1v) is 5.84. The van der Waals surface area contributed by atoms with E-state index in [1.807, 2.05) is 0 Å². The molecule has 0 spiro atoms. The average molecular weight is 264 g/mol. The second-order valence-corrected chi connectivity index (χ2v) is 4.59. The summed E-state index contributed by atoms with van der Waals surface area (Å²) >= 11 is 0. The fourth-order valence-corrected chi connectivity index (χ4v) is 1.34. The van der Waals surface area contributed by atoms with Gasteiger partial charge in [0.1, 0.15) is 11.2 Å². The number of carbonyl (C=O) groups excluding carboxylic acids is 2. The summed E-state index contributed by atoms with van der Waals surface area (Å²) in [5.41, 5.74) is -0.940. The lowest BCUT2D eigenvalue weighted by Crippen LogP contribution is -2.45. The minimum atomic E-state index is -1.25. The largest absolute Gasteiger partial charge is 0.352 e. The molecule has 0 radical (unpaired) electrons. The molecule has 0 aliphatic rings. The van der Waals surface area contributed by atoms with Crippen LogP contribution in [0.5, 0.6) is 0 Å². The van der Waals surface area contributed by atoms with E-state index in [4.69, 9.17) is 0 Å². The molecule has 0 aliphatic heterocycles. The van der Waals surface area contributed by atoms with Crippen molar-refractivity contribution in [2.24, 2.45) is 5.41 Å². The van der Waals surface area contributed by atoms with E-state index in [1.54, 1.807) is 6.07 Å². The van der Waals surface area contributed by atoms with E-state index in [-0.39, 0.29) is 6.54 Å². The van der Waals surface area contributed by atoms with Crippen LogP contribution < -0.4 is 10.6 Å². The van der Waals surface area contributed by atoms with Gasteiger partial charge >= 0.3 is 0 Å². The zero-order chi connectivity index (χ0) is 14.5. The van der Waals surface area contributed by atoms with Crippen LogP contribution in [0.3, 0.4) is 0 Å². The zero-order valence-corrected chi connectivity index (χ0v) is 11.0. The van der Waals surface area contributed by atoms with Crippen molar-refractivity contribution >= 4 is 17.5 Å².